The second kappa shape index (κ2) is 3.12. The Morgan fingerprint density at radius 3 is 2.43 bits per heavy atom. The fraction of sp³-hybridized carbons (Fsp3) is 0.857. The first kappa shape index (κ1) is 10.3. The van der Waals surface area contributed by atoms with Gasteiger partial charge >= 0.3 is 0 Å². The van der Waals surface area contributed by atoms with Crippen LogP contribution in [0.5, 0.6) is 0 Å². The molecule has 3 atom stereocenters. The summed E-state index contributed by atoms with van der Waals surface area (Å²) < 4.78 is 0. The topological polar surface area (TPSA) is 0 Å². The van der Waals surface area contributed by atoms with Gasteiger partial charge < -0.3 is 0 Å². The third-order valence-corrected chi connectivity index (χ3v) is 5.10. The molecule has 2 aliphatic carbocycles. The molecule has 0 aromatic heterocycles. The van der Waals surface area contributed by atoms with Crippen molar-refractivity contribution in [1.82, 2.24) is 0 Å². The van der Waals surface area contributed by atoms with Gasteiger partial charge in [-0.2, -0.15) is 0 Å². The standard InChI is InChI=1S/C14H24/c1-5-6-7-11-10-14(4)9-8-12(11)13(14,2)3/h8-9,11-12H,5-7,10H2,1-4H3. The van der Waals surface area contributed by atoms with Crippen LogP contribution < -0.4 is 0 Å². The molecule has 80 valence electrons. The van der Waals surface area contributed by atoms with Gasteiger partial charge in [-0.3, -0.25) is 0 Å². The summed E-state index contributed by atoms with van der Waals surface area (Å²) in [6, 6.07) is 0. The Bertz CT molecular complexity index is 249. The molecular formula is C14H24. The van der Waals surface area contributed by atoms with Crippen molar-refractivity contribution in [2.75, 3.05) is 0 Å². The van der Waals surface area contributed by atoms with Gasteiger partial charge in [-0.05, 0) is 35.5 Å². The van der Waals surface area contributed by atoms with E-state index in [2.05, 4.69) is 39.8 Å². The summed E-state index contributed by atoms with van der Waals surface area (Å²) in [7, 11) is 0. The molecule has 0 aromatic carbocycles. The van der Waals surface area contributed by atoms with Gasteiger partial charge in [0.25, 0.3) is 0 Å². The summed E-state index contributed by atoms with van der Waals surface area (Å²) >= 11 is 0. The van der Waals surface area contributed by atoms with Crippen molar-refractivity contribution >= 4 is 0 Å². The molecule has 0 aliphatic heterocycles. The zero-order valence-electron chi connectivity index (χ0n) is 10.1. The molecule has 0 radical (unpaired) electrons. The Morgan fingerprint density at radius 2 is 2.00 bits per heavy atom. The highest BCUT2D eigenvalue weighted by atomic mass is 14.6. The van der Waals surface area contributed by atoms with Crippen LogP contribution in [0.2, 0.25) is 0 Å². The van der Waals surface area contributed by atoms with Crippen molar-refractivity contribution in [2.45, 2.75) is 53.4 Å². The van der Waals surface area contributed by atoms with E-state index in [9.17, 15) is 0 Å². The van der Waals surface area contributed by atoms with Gasteiger partial charge in [0, 0.05) is 0 Å². The SMILES string of the molecule is CCCCC1CC2(C)C=CC1C2(C)C. The molecule has 14 heavy (non-hydrogen) atoms. The zero-order valence-corrected chi connectivity index (χ0v) is 10.1. The predicted octanol–water partition coefficient (Wildman–Crippen LogP) is 4.42. The summed E-state index contributed by atoms with van der Waals surface area (Å²) in [5.74, 6) is 1.83. The van der Waals surface area contributed by atoms with Gasteiger partial charge in [-0.25, -0.2) is 0 Å². The molecule has 0 aromatic rings. The van der Waals surface area contributed by atoms with E-state index >= 15 is 0 Å². The largest absolute Gasteiger partial charge is 0.0840 e. The molecule has 0 heteroatoms. The molecule has 0 saturated heterocycles. The van der Waals surface area contributed by atoms with Crippen LogP contribution in [0.25, 0.3) is 0 Å². The fourth-order valence-electron chi connectivity index (χ4n) is 3.65. The van der Waals surface area contributed by atoms with E-state index in [1.807, 2.05) is 0 Å². The third-order valence-electron chi connectivity index (χ3n) is 5.10. The minimum atomic E-state index is 0.496. The maximum absolute atomic E-state index is 2.50. The van der Waals surface area contributed by atoms with Crippen molar-refractivity contribution in [3.8, 4) is 0 Å². The lowest BCUT2D eigenvalue weighted by atomic mass is 9.70. The third kappa shape index (κ3) is 1.19. The van der Waals surface area contributed by atoms with Crippen LogP contribution in [0.1, 0.15) is 53.4 Å². The highest BCUT2D eigenvalue weighted by Crippen LogP contribution is 2.64. The van der Waals surface area contributed by atoms with Gasteiger partial charge in [0.1, 0.15) is 0 Å². The number of hydrogen-bond donors (Lipinski definition) is 0. The Hall–Kier alpha value is -0.260. The van der Waals surface area contributed by atoms with Gasteiger partial charge in [-0.15, -0.1) is 0 Å². The molecule has 0 spiro atoms. The zero-order chi connectivity index (χ0) is 10.4. The Morgan fingerprint density at radius 1 is 1.29 bits per heavy atom. The fourth-order valence-corrected chi connectivity index (χ4v) is 3.65. The van der Waals surface area contributed by atoms with E-state index in [1.54, 1.807) is 0 Å². The summed E-state index contributed by atoms with van der Waals surface area (Å²) in [6.07, 6.45) is 10.6. The minimum Gasteiger partial charge on any atom is -0.0840 e. The lowest BCUT2D eigenvalue weighted by molar-refractivity contribution is 0.178. The van der Waals surface area contributed by atoms with E-state index in [0.29, 0.717) is 10.8 Å². The highest BCUT2D eigenvalue weighted by Gasteiger charge is 2.56. The molecule has 2 rings (SSSR count). The van der Waals surface area contributed by atoms with Crippen molar-refractivity contribution in [2.24, 2.45) is 22.7 Å². The average molecular weight is 192 g/mol. The molecule has 0 N–H and O–H groups in total. The van der Waals surface area contributed by atoms with E-state index in [-0.39, 0.29) is 0 Å². The molecule has 3 unspecified atom stereocenters. The molecule has 0 heterocycles. The van der Waals surface area contributed by atoms with Gasteiger partial charge in [-0.1, -0.05) is 52.7 Å². The number of unbranched alkanes of at least 4 members (excludes halogenated alkanes) is 1. The highest BCUT2D eigenvalue weighted by molar-refractivity contribution is 5.24. The molecular weight excluding hydrogens is 168 g/mol. The van der Waals surface area contributed by atoms with Crippen molar-refractivity contribution in [3.05, 3.63) is 12.2 Å². The van der Waals surface area contributed by atoms with Crippen LogP contribution in [-0.4, -0.2) is 0 Å². The lowest BCUT2D eigenvalue weighted by Crippen LogP contribution is -2.27. The first-order chi connectivity index (χ1) is 6.51. The van der Waals surface area contributed by atoms with E-state index in [4.69, 9.17) is 0 Å². The van der Waals surface area contributed by atoms with Crippen LogP contribution in [0.3, 0.4) is 0 Å². The van der Waals surface area contributed by atoms with Crippen LogP contribution >= 0.6 is 0 Å². The predicted molar refractivity (Wildman–Crippen MR) is 62.2 cm³/mol. The Kier molecular flexibility index (Phi) is 2.28. The number of hydrogen-bond acceptors (Lipinski definition) is 0. The maximum atomic E-state index is 2.50. The molecule has 2 bridgehead atoms. The van der Waals surface area contributed by atoms with E-state index < -0.39 is 0 Å². The van der Waals surface area contributed by atoms with E-state index in [0.717, 1.165) is 11.8 Å². The Labute approximate surface area is 88.8 Å². The number of rotatable bonds is 3. The minimum absolute atomic E-state index is 0.496. The van der Waals surface area contributed by atoms with Crippen LogP contribution in [0.15, 0.2) is 12.2 Å². The van der Waals surface area contributed by atoms with Crippen molar-refractivity contribution < 1.29 is 0 Å². The number of allylic oxidation sites excluding steroid dienone is 2. The molecule has 1 saturated carbocycles. The normalized spacial score (nSPS) is 43.4. The van der Waals surface area contributed by atoms with Gasteiger partial charge in [0.15, 0.2) is 0 Å². The number of fused-ring (bicyclic) bond motifs is 2. The molecule has 0 amide bonds. The Balaban J connectivity index is 2.11. The summed E-state index contributed by atoms with van der Waals surface area (Å²) in [5.41, 5.74) is 1.02. The maximum Gasteiger partial charge on any atom is -0.00867 e. The van der Waals surface area contributed by atoms with Gasteiger partial charge in [0.2, 0.25) is 0 Å². The smallest absolute Gasteiger partial charge is 0.00867 e. The monoisotopic (exact) mass is 192 g/mol. The van der Waals surface area contributed by atoms with Crippen LogP contribution in [-0.2, 0) is 0 Å². The summed E-state index contributed by atoms with van der Waals surface area (Å²) in [4.78, 5) is 0. The lowest BCUT2D eigenvalue weighted by Gasteiger charge is -2.33. The molecule has 0 nitrogen and oxygen atoms in total. The van der Waals surface area contributed by atoms with Crippen molar-refractivity contribution in [3.63, 3.8) is 0 Å². The summed E-state index contributed by atoms with van der Waals surface area (Å²) in [5, 5.41) is 0. The first-order valence-corrected chi connectivity index (χ1v) is 6.20. The van der Waals surface area contributed by atoms with Gasteiger partial charge in [0.05, 0.1) is 0 Å². The van der Waals surface area contributed by atoms with Crippen LogP contribution in [0, 0.1) is 22.7 Å². The molecule has 1 fully saturated rings. The summed E-state index contributed by atoms with van der Waals surface area (Å²) in [6.45, 7) is 9.68. The quantitative estimate of drug-likeness (QED) is 0.581. The van der Waals surface area contributed by atoms with Crippen molar-refractivity contribution in [1.29, 1.82) is 0 Å². The van der Waals surface area contributed by atoms with Crippen LogP contribution in [0.4, 0.5) is 0 Å². The second-order valence-corrected chi connectivity index (χ2v) is 6.13. The first-order valence-electron chi connectivity index (χ1n) is 6.20. The average Bonchev–Trinajstić information content (AvgIpc) is 2.45. The molecule has 2 aliphatic rings. The second-order valence-electron chi connectivity index (χ2n) is 6.13. The van der Waals surface area contributed by atoms with E-state index in [1.165, 1.54) is 25.7 Å².